The minimum Gasteiger partial charge on any atom is -0.508 e. The smallest absolute Gasteiger partial charge is 0.182 e. The molecule has 0 spiro atoms. The molecule has 0 aliphatic heterocycles. The van der Waals surface area contributed by atoms with E-state index in [1.165, 1.54) is 0 Å². The third-order valence-corrected chi connectivity index (χ3v) is 3.38. The largest absolute Gasteiger partial charge is 0.508 e. The van der Waals surface area contributed by atoms with Crippen molar-refractivity contribution in [1.82, 2.24) is 0 Å². The maximum absolute atomic E-state index is 11.8. The molecule has 0 fully saturated rings. The molecule has 2 aromatic rings. The highest BCUT2D eigenvalue weighted by molar-refractivity contribution is 6.30. The van der Waals surface area contributed by atoms with Gasteiger partial charge in [0.05, 0.1) is 0 Å². The summed E-state index contributed by atoms with van der Waals surface area (Å²) in [6.45, 7) is -0.560. The number of halogens is 1. The first-order valence-corrected chi connectivity index (χ1v) is 7.16. The first-order chi connectivity index (χ1) is 10.6. The van der Waals surface area contributed by atoms with Crippen molar-refractivity contribution in [1.29, 1.82) is 0 Å². The molecule has 1 atom stereocenters. The van der Waals surface area contributed by atoms with Gasteiger partial charge in [-0.1, -0.05) is 35.9 Å². The molecule has 22 heavy (non-hydrogen) atoms. The molecule has 0 amide bonds. The third-order valence-electron chi connectivity index (χ3n) is 3.15. The van der Waals surface area contributed by atoms with E-state index in [9.17, 15) is 9.90 Å². The van der Waals surface area contributed by atoms with E-state index in [0.29, 0.717) is 11.4 Å². The lowest BCUT2D eigenvalue weighted by molar-refractivity contribution is -0.122. The molecule has 2 rings (SSSR count). The Kier molecular flexibility index (Phi) is 5.69. The fraction of sp³-hybridized carbons (Fsp3) is 0.176. The van der Waals surface area contributed by atoms with E-state index in [1.807, 2.05) is 6.07 Å². The van der Waals surface area contributed by atoms with Gasteiger partial charge < -0.3 is 10.2 Å². The average molecular weight is 318 g/mol. The predicted molar refractivity (Wildman–Crippen MR) is 86.7 cm³/mol. The van der Waals surface area contributed by atoms with Gasteiger partial charge in [0.25, 0.3) is 0 Å². The standard InChI is InChI=1S/C17H16ClNO3/c18-14-3-1-2-13(8-14)10-19-16(17(22)11-20)9-12-4-6-15(21)7-5-12/h1-8,10,16,20-21H,9,11H2/b19-10-. The lowest BCUT2D eigenvalue weighted by atomic mass is 10.0. The second kappa shape index (κ2) is 7.73. The van der Waals surface area contributed by atoms with Gasteiger partial charge in [-0.15, -0.1) is 0 Å². The van der Waals surface area contributed by atoms with Crippen LogP contribution in [0.25, 0.3) is 0 Å². The highest BCUT2D eigenvalue weighted by atomic mass is 35.5. The molecular weight excluding hydrogens is 302 g/mol. The van der Waals surface area contributed by atoms with Crippen molar-refractivity contribution < 1.29 is 15.0 Å². The van der Waals surface area contributed by atoms with Crippen LogP contribution in [0.3, 0.4) is 0 Å². The van der Waals surface area contributed by atoms with Crippen LogP contribution in [-0.4, -0.2) is 34.9 Å². The van der Waals surface area contributed by atoms with Gasteiger partial charge in [-0.2, -0.15) is 0 Å². The molecule has 0 heterocycles. The molecule has 0 saturated heterocycles. The lowest BCUT2D eigenvalue weighted by Crippen LogP contribution is -2.24. The summed E-state index contributed by atoms with van der Waals surface area (Å²) in [5.41, 5.74) is 1.64. The van der Waals surface area contributed by atoms with Crippen molar-refractivity contribution in [3.05, 3.63) is 64.7 Å². The van der Waals surface area contributed by atoms with Crippen LogP contribution >= 0.6 is 11.6 Å². The number of Topliss-reactive ketones (excluding diaryl/α,β-unsaturated/α-hetero) is 1. The molecule has 4 nitrogen and oxygen atoms in total. The van der Waals surface area contributed by atoms with Gasteiger partial charge in [-0.25, -0.2) is 0 Å². The minimum absolute atomic E-state index is 0.163. The zero-order valence-electron chi connectivity index (χ0n) is 11.8. The maximum atomic E-state index is 11.8. The number of aromatic hydroxyl groups is 1. The first kappa shape index (κ1) is 16.2. The molecule has 5 heteroatoms. The van der Waals surface area contributed by atoms with E-state index in [-0.39, 0.29) is 11.5 Å². The van der Waals surface area contributed by atoms with E-state index in [1.54, 1.807) is 48.7 Å². The molecule has 2 N–H and O–H groups in total. The number of carbonyl (C=O) groups is 1. The highest BCUT2D eigenvalue weighted by Gasteiger charge is 2.16. The second-order valence-electron chi connectivity index (χ2n) is 4.84. The Labute approximate surface area is 133 Å². The van der Waals surface area contributed by atoms with E-state index < -0.39 is 12.6 Å². The van der Waals surface area contributed by atoms with Crippen molar-refractivity contribution in [2.45, 2.75) is 12.5 Å². The van der Waals surface area contributed by atoms with Gasteiger partial charge in [-0.05, 0) is 35.4 Å². The first-order valence-electron chi connectivity index (χ1n) is 6.78. The SMILES string of the molecule is O=C(CO)C(Cc1ccc(O)cc1)/N=C\c1cccc(Cl)c1. The van der Waals surface area contributed by atoms with E-state index >= 15 is 0 Å². The molecule has 1 unspecified atom stereocenters. The van der Waals surface area contributed by atoms with E-state index in [4.69, 9.17) is 16.7 Å². The Morgan fingerprint density at radius 1 is 1.23 bits per heavy atom. The Bertz CT molecular complexity index is 668. The van der Waals surface area contributed by atoms with Crippen LogP contribution in [0, 0.1) is 0 Å². The average Bonchev–Trinajstić information content (AvgIpc) is 2.52. The number of aliphatic hydroxyl groups is 1. The number of hydrogen-bond donors (Lipinski definition) is 2. The Morgan fingerprint density at radius 2 is 1.95 bits per heavy atom. The van der Waals surface area contributed by atoms with Crippen LogP contribution in [0.2, 0.25) is 5.02 Å². The van der Waals surface area contributed by atoms with Crippen LogP contribution in [0.5, 0.6) is 5.75 Å². The fourth-order valence-electron chi connectivity index (χ4n) is 1.97. The normalized spacial score (nSPS) is 12.5. The topological polar surface area (TPSA) is 69.9 Å². The predicted octanol–water partition coefficient (Wildman–Crippen LogP) is 2.64. The number of phenolic OH excluding ortho intramolecular Hbond substituents is 1. The van der Waals surface area contributed by atoms with Crippen LogP contribution < -0.4 is 0 Å². The van der Waals surface area contributed by atoms with Gasteiger partial charge in [0.2, 0.25) is 0 Å². The maximum Gasteiger partial charge on any atom is 0.182 e. The van der Waals surface area contributed by atoms with Gasteiger partial charge >= 0.3 is 0 Å². The van der Waals surface area contributed by atoms with Gasteiger partial charge in [0.1, 0.15) is 18.4 Å². The summed E-state index contributed by atoms with van der Waals surface area (Å²) in [6, 6.07) is 13.0. The minimum atomic E-state index is -0.673. The summed E-state index contributed by atoms with van der Waals surface area (Å²) in [5.74, 6) is -0.192. The summed E-state index contributed by atoms with van der Waals surface area (Å²) in [5, 5.41) is 18.9. The number of benzene rings is 2. The molecular formula is C17H16ClNO3. The number of carbonyl (C=O) groups excluding carboxylic acids is 1. The number of aliphatic imine (C=N–C) groups is 1. The lowest BCUT2D eigenvalue weighted by Gasteiger charge is -2.10. The van der Waals surface area contributed by atoms with Crippen LogP contribution in [-0.2, 0) is 11.2 Å². The number of nitrogens with zero attached hydrogens (tertiary/aromatic N) is 1. The van der Waals surface area contributed by atoms with Gasteiger partial charge in [0, 0.05) is 17.7 Å². The molecule has 0 aliphatic rings. The molecule has 0 aliphatic carbocycles. The summed E-state index contributed by atoms with van der Waals surface area (Å²) in [6.07, 6.45) is 1.93. The molecule has 0 radical (unpaired) electrons. The quantitative estimate of drug-likeness (QED) is 0.805. The molecule has 2 aromatic carbocycles. The number of ketones is 1. The van der Waals surface area contributed by atoms with Crippen molar-refractivity contribution >= 4 is 23.6 Å². The fourth-order valence-corrected chi connectivity index (χ4v) is 2.17. The zero-order valence-corrected chi connectivity index (χ0v) is 12.6. The monoisotopic (exact) mass is 317 g/mol. The Morgan fingerprint density at radius 3 is 2.59 bits per heavy atom. The van der Waals surface area contributed by atoms with E-state index in [2.05, 4.69) is 4.99 Å². The van der Waals surface area contributed by atoms with Crippen molar-refractivity contribution in [2.75, 3.05) is 6.61 Å². The molecule has 0 bridgehead atoms. The summed E-state index contributed by atoms with van der Waals surface area (Å²) >= 11 is 5.90. The van der Waals surface area contributed by atoms with Crippen LogP contribution in [0.15, 0.2) is 53.5 Å². The van der Waals surface area contributed by atoms with Crippen molar-refractivity contribution in [3.8, 4) is 5.75 Å². The zero-order chi connectivity index (χ0) is 15.9. The summed E-state index contributed by atoms with van der Waals surface area (Å²) in [4.78, 5) is 16.1. The van der Waals surface area contributed by atoms with Gasteiger partial charge in [-0.3, -0.25) is 9.79 Å². The molecule has 114 valence electrons. The van der Waals surface area contributed by atoms with Gasteiger partial charge in [0.15, 0.2) is 5.78 Å². The summed E-state index contributed by atoms with van der Waals surface area (Å²) < 4.78 is 0. The number of aliphatic hydroxyl groups excluding tert-OH is 1. The number of hydrogen-bond acceptors (Lipinski definition) is 4. The number of rotatable bonds is 6. The summed E-state index contributed by atoms with van der Waals surface area (Å²) in [7, 11) is 0. The van der Waals surface area contributed by atoms with Crippen molar-refractivity contribution in [2.24, 2.45) is 4.99 Å². The van der Waals surface area contributed by atoms with Crippen LogP contribution in [0.1, 0.15) is 11.1 Å². The Balaban J connectivity index is 2.15. The number of phenols is 1. The third kappa shape index (κ3) is 4.69. The second-order valence-corrected chi connectivity index (χ2v) is 5.28. The van der Waals surface area contributed by atoms with Crippen LogP contribution in [0.4, 0.5) is 0 Å². The Hall–Kier alpha value is -2.17. The molecule has 0 aromatic heterocycles. The van der Waals surface area contributed by atoms with Crippen molar-refractivity contribution in [3.63, 3.8) is 0 Å². The van der Waals surface area contributed by atoms with E-state index in [0.717, 1.165) is 11.1 Å². The highest BCUT2D eigenvalue weighted by Crippen LogP contribution is 2.14. The molecule has 0 saturated carbocycles.